The summed E-state index contributed by atoms with van der Waals surface area (Å²) in [5.41, 5.74) is 1.57. The van der Waals surface area contributed by atoms with Gasteiger partial charge < -0.3 is 9.84 Å². The quantitative estimate of drug-likeness (QED) is 0.749. The summed E-state index contributed by atoms with van der Waals surface area (Å²) in [4.78, 5) is 4.48. The molecule has 2 aromatic carbocycles. The SMILES string of the molecule is CCOc1ccc(CN2CCN(Cc3cccc(F)c3F)C[C@@H]2CCO)cc1. The van der Waals surface area contributed by atoms with Crippen molar-refractivity contribution in [3.63, 3.8) is 0 Å². The molecule has 3 rings (SSSR count). The molecule has 2 aromatic rings. The van der Waals surface area contributed by atoms with E-state index in [0.29, 0.717) is 31.7 Å². The van der Waals surface area contributed by atoms with Crippen LogP contribution in [-0.2, 0) is 13.1 Å². The average Bonchev–Trinajstić information content (AvgIpc) is 2.69. The zero-order valence-electron chi connectivity index (χ0n) is 16.3. The average molecular weight is 390 g/mol. The second-order valence-electron chi connectivity index (χ2n) is 7.16. The van der Waals surface area contributed by atoms with E-state index in [1.807, 2.05) is 19.1 Å². The van der Waals surface area contributed by atoms with Gasteiger partial charge in [0.15, 0.2) is 11.6 Å². The normalized spacial score (nSPS) is 18.4. The van der Waals surface area contributed by atoms with Gasteiger partial charge in [-0.15, -0.1) is 0 Å². The van der Waals surface area contributed by atoms with Gasteiger partial charge in [-0.1, -0.05) is 24.3 Å². The molecule has 1 fully saturated rings. The molecule has 1 aliphatic heterocycles. The van der Waals surface area contributed by atoms with Gasteiger partial charge in [-0.2, -0.15) is 0 Å². The number of hydrogen-bond donors (Lipinski definition) is 1. The van der Waals surface area contributed by atoms with Crippen LogP contribution >= 0.6 is 0 Å². The lowest BCUT2D eigenvalue weighted by Gasteiger charge is -2.41. The van der Waals surface area contributed by atoms with E-state index < -0.39 is 11.6 Å². The number of hydrogen-bond acceptors (Lipinski definition) is 4. The van der Waals surface area contributed by atoms with E-state index in [4.69, 9.17) is 4.74 Å². The molecule has 1 atom stereocenters. The molecule has 0 amide bonds. The summed E-state index contributed by atoms with van der Waals surface area (Å²) in [6.07, 6.45) is 0.652. The molecule has 1 aliphatic rings. The lowest BCUT2D eigenvalue weighted by Crippen LogP contribution is -2.52. The minimum Gasteiger partial charge on any atom is -0.494 e. The predicted octanol–water partition coefficient (Wildman–Crippen LogP) is 3.43. The van der Waals surface area contributed by atoms with Crippen LogP contribution in [0.25, 0.3) is 0 Å². The Hall–Kier alpha value is -2.02. The van der Waals surface area contributed by atoms with Crippen molar-refractivity contribution in [2.75, 3.05) is 32.8 Å². The van der Waals surface area contributed by atoms with Crippen molar-refractivity contribution in [1.82, 2.24) is 9.80 Å². The highest BCUT2D eigenvalue weighted by molar-refractivity contribution is 5.27. The zero-order chi connectivity index (χ0) is 19.9. The lowest BCUT2D eigenvalue weighted by atomic mass is 10.1. The highest BCUT2D eigenvalue weighted by atomic mass is 19.2. The molecule has 28 heavy (non-hydrogen) atoms. The van der Waals surface area contributed by atoms with Crippen LogP contribution < -0.4 is 4.74 Å². The largest absolute Gasteiger partial charge is 0.494 e. The molecule has 0 radical (unpaired) electrons. The first-order valence-electron chi connectivity index (χ1n) is 9.82. The summed E-state index contributed by atoms with van der Waals surface area (Å²) in [5.74, 6) is -0.711. The van der Waals surface area contributed by atoms with Crippen molar-refractivity contribution in [3.8, 4) is 5.75 Å². The number of aliphatic hydroxyl groups is 1. The summed E-state index contributed by atoms with van der Waals surface area (Å²) in [5, 5.41) is 9.48. The van der Waals surface area contributed by atoms with Gasteiger partial charge >= 0.3 is 0 Å². The fourth-order valence-electron chi connectivity index (χ4n) is 3.74. The van der Waals surface area contributed by atoms with E-state index in [0.717, 1.165) is 31.5 Å². The third-order valence-electron chi connectivity index (χ3n) is 5.20. The van der Waals surface area contributed by atoms with Crippen molar-refractivity contribution in [3.05, 3.63) is 65.2 Å². The van der Waals surface area contributed by atoms with Crippen LogP contribution in [0.2, 0.25) is 0 Å². The molecule has 4 nitrogen and oxygen atoms in total. The van der Waals surface area contributed by atoms with Crippen LogP contribution in [0.15, 0.2) is 42.5 Å². The van der Waals surface area contributed by atoms with Gasteiger partial charge in [0, 0.05) is 50.9 Å². The van der Waals surface area contributed by atoms with E-state index >= 15 is 0 Å². The summed E-state index contributed by atoms with van der Waals surface area (Å²) in [7, 11) is 0. The van der Waals surface area contributed by atoms with Gasteiger partial charge in [-0.3, -0.25) is 9.80 Å². The lowest BCUT2D eigenvalue weighted by molar-refractivity contribution is 0.0494. The number of ether oxygens (including phenoxy) is 1. The Bertz CT molecular complexity index is 755. The standard InChI is InChI=1S/C22H28F2N2O2/c1-2-28-20-8-6-17(7-9-20)14-26-12-11-25(16-19(26)10-13-27)15-18-4-3-5-21(23)22(18)24/h3-9,19,27H,2,10-16H2,1H3/t19-/m0/s1. The summed E-state index contributed by atoms with van der Waals surface area (Å²) < 4.78 is 32.9. The first kappa shape index (κ1) is 20.7. The molecule has 0 spiro atoms. The molecule has 0 aromatic heterocycles. The number of piperazine rings is 1. The van der Waals surface area contributed by atoms with E-state index in [1.165, 1.54) is 5.56 Å². The van der Waals surface area contributed by atoms with Crippen LogP contribution in [-0.4, -0.2) is 53.8 Å². The highest BCUT2D eigenvalue weighted by Crippen LogP contribution is 2.21. The van der Waals surface area contributed by atoms with Crippen LogP contribution in [0.1, 0.15) is 24.5 Å². The minimum absolute atomic E-state index is 0.104. The van der Waals surface area contributed by atoms with Gasteiger partial charge in [0.2, 0.25) is 0 Å². The summed E-state index contributed by atoms with van der Waals surface area (Å²) in [6.45, 7) is 6.18. The Morgan fingerprint density at radius 3 is 2.57 bits per heavy atom. The Morgan fingerprint density at radius 2 is 1.86 bits per heavy atom. The molecule has 1 saturated heterocycles. The molecule has 0 aliphatic carbocycles. The smallest absolute Gasteiger partial charge is 0.163 e. The third-order valence-corrected chi connectivity index (χ3v) is 5.20. The zero-order valence-corrected chi connectivity index (χ0v) is 16.3. The van der Waals surface area contributed by atoms with Gasteiger partial charge in [0.05, 0.1) is 6.61 Å². The number of benzene rings is 2. The molecule has 0 saturated carbocycles. The fraction of sp³-hybridized carbons (Fsp3) is 0.455. The fourth-order valence-corrected chi connectivity index (χ4v) is 3.74. The number of nitrogens with zero attached hydrogens (tertiary/aromatic N) is 2. The Morgan fingerprint density at radius 1 is 1.07 bits per heavy atom. The van der Waals surface area contributed by atoms with E-state index in [-0.39, 0.29) is 12.6 Å². The molecule has 0 bridgehead atoms. The molecular formula is C22H28F2N2O2. The van der Waals surface area contributed by atoms with E-state index in [1.54, 1.807) is 12.1 Å². The van der Waals surface area contributed by atoms with Crippen LogP contribution in [0.5, 0.6) is 5.75 Å². The van der Waals surface area contributed by atoms with Crippen molar-refractivity contribution in [2.24, 2.45) is 0 Å². The number of rotatable bonds is 8. The van der Waals surface area contributed by atoms with Gasteiger partial charge in [-0.25, -0.2) is 8.78 Å². The number of halogens is 2. The minimum atomic E-state index is -0.807. The molecular weight excluding hydrogens is 362 g/mol. The maximum Gasteiger partial charge on any atom is 0.163 e. The topological polar surface area (TPSA) is 35.9 Å². The van der Waals surface area contributed by atoms with Crippen molar-refractivity contribution in [1.29, 1.82) is 0 Å². The van der Waals surface area contributed by atoms with E-state index in [9.17, 15) is 13.9 Å². The van der Waals surface area contributed by atoms with Crippen molar-refractivity contribution < 1.29 is 18.6 Å². The van der Waals surface area contributed by atoms with Gasteiger partial charge in [0.1, 0.15) is 5.75 Å². The monoisotopic (exact) mass is 390 g/mol. The Balaban J connectivity index is 1.62. The molecule has 152 valence electrons. The summed E-state index contributed by atoms with van der Waals surface area (Å²) >= 11 is 0. The second-order valence-corrected chi connectivity index (χ2v) is 7.16. The maximum absolute atomic E-state index is 14.0. The van der Waals surface area contributed by atoms with Crippen molar-refractivity contribution >= 4 is 0 Å². The first-order valence-corrected chi connectivity index (χ1v) is 9.82. The van der Waals surface area contributed by atoms with Gasteiger partial charge in [-0.05, 0) is 37.1 Å². The van der Waals surface area contributed by atoms with Crippen LogP contribution in [0, 0.1) is 11.6 Å². The van der Waals surface area contributed by atoms with Crippen LogP contribution in [0.4, 0.5) is 8.78 Å². The van der Waals surface area contributed by atoms with Crippen molar-refractivity contribution in [2.45, 2.75) is 32.5 Å². The molecule has 0 unspecified atom stereocenters. The Labute approximate surface area is 165 Å². The molecule has 1 heterocycles. The number of aliphatic hydroxyl groups excluding tert-OH is 1. The molecule has 6 heteroatoms. The first-order chi connectivity index (χ1) is 13.6. The van der Waals surface area contributed by atoms with Crippen LogP contribution in [0.3, 0.4) is 0 Å². The summed E-state index contributed by atoms with van der Waals surface area (Å²) in [6, 6.07) is 12.6. The van der Waals surface area contributed by atoms with Gasteiger partial charge in [0.25, 0.3) is 0 Å². The molecule has 1 N–H and O–H groups in total. The predicted molar refractivity (Wildman–Crippen MR) is 105 cm³/mol. The highest BCUT2D eigenvalue weighted by Gasteiger charge is 2.27. The second kappa shape index (κ2) is 9.96. The Kier molecular flexibility index (Phi) is 7.36. The van der Waals surface area contributed by atoms with E-state index in [2.05, 4.69) is 21.9 Å². The third kappa shape index (κ3) is 5.28. The maximum atomic E-state index is 14.0.